The van der Waals surface area contributed by atoms with Gasteiger partial charge >= 0.3 is 0 Å². The number of nitrogens with zero attached hydrogens (tertiary/aromatic N) is 4. The first-order valence-electron chi connectivity index (χ1n) is 10.9. The first-order valence-corrected chi connectivity index (χ1v) is 11.7. The standard InChI is InChI=1S/C27H24N4OS/c1-20-12-14-22(15-13-20)18-30(17-21-8-4-2-5-9-21)19-24-16-25(32)31-27(28-24)33-26(29-31)23-10-6-3-7-11-23/h2-16H,17-19H2,1H3. The summed E-state index contributed by atoms with van der Waals surface area (Å²) < 4.78 is 1.40. The topological polar surface area (TPSA) is 50.5 Å². The molecule has 164 valence electrons. The number of fused-ring (bicyclic) bond motifs is 1. The fourth-order valence-electron chi connectivity index (χ4n) is 3.82. The lowest BCUT2D eigenvalue weighted by molar-refractivity contribution is 0.244. The van der Waals surface area contributed by atoms with Crippen LogP contribution < -0.4 is 5.56 Å². The summed E-state index contributed by atoms with van der Waals surface area (Å²) in [5.74, 6) is 0. The van der Waals surface area contributed by atoms with E-state index in [9.17, 15) is 4.79 Å². The third-order valence-corrected chi connectivity index (χ3v) is 6.44. The van der Waals surface area contributed by atoms with Crippen LogP contribution in [-0.4, -0.2) is 19.5 Å². The molecule has 2 heterocycles. The zero-order valence-electron chi connectivity index (χ0n) is 18.4. The fourth-order valence-corrected chi connectivity index (χ4v) is 4.75. The number of rotatable bonds is 7. The van der Waals surface area contributed by atoms with Crippen LogP contribution in [0, 0.1) is 6.92 Å². The highest BCUT2D eigenvalue weighted by molar-refractivity contribution is 7.19. The van der Waals surface area contributed by atoms with Gasteiger partial charge in [0.2, 0.25) is 4.96 Å². The number of aromatic nitrogens is 3. The van der Waals surface area contributed by atoms with Gasteiger partial charge in [-0.25, -0.2) is 4.98 Å². The van der Waals surface area contributed by atoms with E-state index < -0.39 is 0 Å². The summed E-state index contributed by atoms with van der Waals surface area (Å²) >= 11 is 1.44. The van der Waals surface area contributed by atoms with Crippen molar-refractivity contribution in [2.75, 3.05) is 0 Å². The first-order chi connectivity index (χ1) is 16.1. The van der Waals surface area contributed by atoms with Crippen molar-refractivity contribution >= 4 is 16.3 Å². The molecule has 0 saturated carbocycles. The van der Waals surface area contributed by atoms with Crippen LogP contribution in [0.1, 0.15) is 22.4 Å². The molecule has 33 heavy (non-hydrogen) atoms. The van der Waals surface area contributed by atoms with Crippen molar-refractivity contribution in [3.8, 4) is 10.6 Å². The molecule has 0 fully saturated rings. The lowest BCUT2D eigenvalue weighted by Gasteiger charge is -2.22. The summed E-state index contributed by atoms with van der Waals surface area (Å²) in [5, 5.41) is 5.28. The lowest BCUT2D eigenvalue weighted by Crippen LogP contribution is -2.25. The predicted molar refractivity (Wildman–Crippen MR) is 133 cm³/mol. The zero-order chi connectivity index (χ0) is 22.6. The van der Waals surface area contributed by atoms with E-state index in [0.29, 0.717) is 11.5 Å². The molecule has 5 nitrogen and oxygen atoms in total. The van der Waals surface area contributed by atoms with Crippen molar-refractivity contribution in [1.82, 2.24) is 19.5 Å². The van der Waals surface area contributed by atoms with Gasteiger partial charge in [-0.3, -0.25) is 9.69 Å². The molecule has 5 aromatic rings. The summed E-state index contributed by atoms with van der Waals surface area (Å²) in [6.07, 6.45) is 0. The second-order valence-corrected chi connectivity index (χ2v) is 9.13. The van der Waals surface area contributed by atoms with Crippen LogP contribution in [0.3, 0.4) is 0 Å². The van der Waals surface area contributed by atoms with Gasteiger partial charge < -0.3 is 0 Å². The average Bonchev–Trinajstić information content (AvgIpc) is 3.27. The van der Waals surface area contributed by atoms with Gasteiger partial charge in [-0.1, -0.05) is 102 Å². The minimum Gasteiger partial charge on any atom is -0.289 e. The molecule has 0 radical (unpaired) electrons. The van der Waals surface area contributed by atoms with Crippen molar-refractivity contribution in [3.63, 3.8) is 0 Å². The largest absolute Gasteiger partial charge is 0.289 e. The molecule has 0 bridgehead atoms. The molecule has 5 rings (SSSR count). The predicted octanol–water partition coefficient (Wildman–Crippen LogP) is 5.33. The van der Waals surface area contributed by atoms with Gasteiger partial charge in [-0.2, -0.15) is 9.61 Å². The highest BCUT2D eigenvalue weighted by atomic mass is 32.1. The van der Waals surface area contributed by atoms with E-state index in [1.54, 1.807) is 6.07 Å². The molecular formula is C27H24N4OS. The van der Waals surface area contributed by atoms with E-state index >= 15 is 0 Å². The van der Waals surface area contributed by atoms with E-state index in [-0.39, 0.29) is 5.56 Å². The first kappa shape index (κ1) is 21.2. The van der Waals surface area contributed by atoms with Gasteiger partial charge in [0.1, 0.15) is 5.01 Å². The van der Waals surface area contributed by atoms with Crippen LogP contribution in [0.4, 0.5) is 0 Å². The van der Waals surface area contributed by atoms with Crippen molar-refractivity contribution < 1.29 is 0 Å². The maximum atomic E-state index is 12.8. The Hall–Kier alpha value is -3.61. The van der Waals surface area contributed by atoms with Crippen LogP contribution in [0.15, 0.2) is 95.8 Å². The Kier molecular flexibility index (Phi) is 6.11. The van der Waals surface area contributed by atoms with Crippen LogP contribution >= 0.6 is 11.3 Å². The molecule has 6 heteroatoms. The summed E-state index contributed by atoms with van der Waals surface area (Å²) in [6.45, 7) is 4.21. The van der Waals surface area contributed by atoms with Crippen molar-refractivity contribution in [2.24, 2.45) is 0 Å². The summed E-state index contributed by atoms with van der Waals surface area (Å²) in [7, 11) is 0. The van der Waals surface area contributed by atoms with E-state index in [0.717, 1.165) is 29.4 Å². The molecular weight excluding hydrogens is 428 g/mol. The number of hydrogen-bond acceptors (Lipinski definition) is 5. The normalized spacial score (nSPS) is 11.3. The van der Waals surface area contributed by atoms with Gasteiger partial charge in [0.05, 0.1) is 5.69 Å². The van der Waals surface area contributed by atoms with E-state index in [1.165, 1.54) is 32.5 Å². The third-order valence-electron chi connectivity index (χ3n) is 5.48. The Morgan fingerprint density at radius 1 is 0.818 bits per heavy atom. The lowest BCUT2D eigenvalue weighted by atomic mass is 10.1. The van der Waals surface area contributed by atoms with Gasteiger partial charge in [-0.05, 0) is 18.1 Å². The van der Waals surface area contributed by atoms with Crippen LogP contribution in [0.5, 0.6) is 0 Å². The molecule has 2 aromatic heterocycles. The second kappa shape index (κ2) is 9.48. The maximum Gasteiger partial charge on any atom is 0.275 e. The summed E-state index contributed by atoms with van der Waals surface area (Å²) in [4.78, 5) is 20.6. The molecule has 0 aliphatic rings. The Labute approximate surface area is 196 Å². The molecule has 0 amide bonds. The average molecular weight is 453 g/mol. The number of hydrogen-bond donors (Lipinski definition) is 0. The summed E-state index contributed by atoms with van der Waals surface area (Å²) in [5.41, 5.74) is 5.30. The molecule has 0 atom stereocenters. The molecule has 0 aliphatic carbocycles. The number of benzene rings is 3. The Morgan fingerprint density at radius 2 is 1.45 bits per heavy atom. The monoisotopic (exact) mass is 452 g/mol. The van der Waals surface area contributed by atoms with E-state index in [2.05, 4.69) is 65.5 Å². The minimum atomic E-state index is -0.150. The minimum absolute atomic E-state index is 0.150. The van der Waals surface area contributed by atoms with Crippen LogP contribution in [0.2, 0.25) is 0 Å². The van der Waals surface area contributed by atoms with Crippen molar-refractivity contribution in [2.45, 2.75) is 26.6 Å². The molecule has 0 N–H and O–H groups in total. The van der Waals surface area contributed by atoms with Crippen LogP contribution in [-0.2, 0) is 19.6 Å². The molecule has 0 spiro atoms. The smallest absolute Gasteiger partial charge is 0.275 e. The highest BCUT2D eigenvalue weighted by Crippen LogP contribution is 2.24. The number of aryl methyl sites for hydroxylation is 1. The molecule has 3 aromatic carbocycles. The SMILES string of the molecule is Cc1ccc(CN(Cc2ccccc2)Cc2cc(=O)n3nc(-c4ccccc4)sc3n2)cc1. The zero-order valence-corrected chi connectivity index (χ0v) is 19.2. The Bertz CT molecular complexity index is 1410. The third kappa shape index (κ3) is 5.08. The molecule has 0 unspecified atom stereocenters. The van der Waals surface area contributed by atoms with Gasteiger partial charge in [0.15, 0.2) is 0 Å². The molecule has 0 aliphatic heterocycles. The molecule has 0 saturated heterocycles. The van der Waals surface area contributed by atoms with Gasteiger partial charge in [0, 0.05) is 31.3 Å². The fraction of sp³-hybridized carbons (Fsp3) is 0.148. The van der Waals surface area contributed by atoms with E-state index in [4.69, 9.17) is 4.98 Å². The summed E-state index contributed by atoms with van der Waals surface area (Å²) in [6, 6.07) is 30.5. The van der Waals surface area contributed by atoms with Crippen molar-refractivity contribution in [1.29, 1.82) is 0 Å². The second-order valence-electron chi connectivity index (χ2n) is 8.17. The Balaban J connectivity index is 1.45. The maximum absolute atomic E-state index is 12.8. The van der Waals surface area contributed by atoms with Gasteiger partial charge in [0.25, 0.3) is 5.56 Å². The quantitative estimate of drug-likeness (QED) is 0.335. The van der Waals surface area contributed by atoms with Crippen molar-refractivity contribution in [3.05, 3.63) is 124 Å². The van der Waals surface area contributed by atoms with Gasteiger partial charge in [-0.15, -0.1) is 0 Å². The van der Waals surface area contributed by atoms with E-state index in [1.807, 2.05) is 36.4 Å². The van der Waals surface area contributed by atoms with Crippen LogP contribution in [0.25, 0.3) is 15.5 Å². The highest BCUT2D eigenvalue weighted by Gasteiger charge is 2.14. The Morgan fingerprint density at radius 3 is 2.15 bits per heavy atom.